The molecule has 0 fully saturated rings. The van der Waals surface area contributed by atoms with Crippen molar-refractivity contribution in [3.05, 3.63) is 98.0 Å². The molecule has 0 aliphatic carbocycles. The van der Waals surface area contributed by atoms with Crippen molar-refractivity contribution < 1.29 is 0 Å². The molecule has 0 N–H and O–H groups in total. The van der Waals surface area contributed by atoms with Crippen molar-refractivity contribution in [3.8, 4) is 5.69 Å². The molecule has 0 bridgehead atoms. The number of benzene rings is 2. The molecule has 0 spiro atoms. The number of hydrogen-bond acceptors (Lipinski definition) is 3. The van der Waals surface area contributed by atoms with E-state index in [0.29, 0.717) is 22.4 Å². The third kappa shape index (κ3) is 2.62. The summed E-state index contributed by atoms with van der Waals surface area (Å²) < 4.78 is 3.54. The smallest absolute Gasteiger partial charge is 0.288 e. The second-order valence-electron chi connectivity index (χ2n) is 5.91. The molecule has 5 heteroatoms. The maximum absolute atomic E-state index is 13.1. The number of nitrogens with zero attached hydrogens (tertiary/aromatic N) is 2. The van der Waals surface area contributed by atoms with E-state index in [4.69, 9.17) is 0 Å². The van der Waals surface area contributed by atoms with Gasteiger partial charge in [0.05, 0.1) is 17.7 Å². The zero-order chi connectivity index (χ0) is 17.4. The van der Waals surface area contributed by atoms with Gasteiger partial charge in [0.2, 0.25) is 0 Å². The molecule has 4 rings (SSSR count). The number of aryl methyl sites for hydroxylation is 1. The first-order valence-electron chi connectivity index (χ1n) is 8.00. The number of hydrogen-bond donors (Lipinski definition) is 0. The summed E-state index contributed by atoms with van der Waals surface area (Å²) in [4.78, 5) is 26.0. The topological polar surface area (TPSA) is 44.0 Å². The Kier molecular flexibility index (Phi) is 3.86. The number of fused-ring (bicyclic) bond motifs is 1. The molecule has 0 saturated heterocycles. The van der Waals surface area contributed by atoms with Crippen molar-refractivity contribution in [2.45, 2.75) is 13.5 Å². The van der Waals surface area contributed by atoms with Gasteiger partial charge in [0, 0.05) is 0 Å². The molecule has 4 nitrogen and oxygen atoms in total. The van der Waals surface area contributed by atoms with Crippen molar-refractivity contribution in [3.63, 3.8) is 0 Å². The highest BCUT2D eigenvalue weighted by atomic mass is 32.1. The highest BCUT2D eigenvalue weighted by molar-refractivity contribution is 7.17. The maximum Gasteiger partial charge on any atom is 0.336 e. The summed E-state index contributed by atoms with van der Waals surface area (Å²) in [6, 6.07) is 18.9. The first-order chi connectivity index (χ1) is 12.2. The average Bonchev–Trinajstić information content (AvgIpc) is 3.11. The zero-order valence-electron chi connectivity index (χ0n) is 13.7. The Morgan fingerprint density at radius 2 is 1.64 bits per heavy atom. The Morgan fingerprint density at radius 1 is 0.920 bits per heavy atom. The molecule has 2 aromatic carbocycles. The van der Waals surface area contributed by atoms with Crippen LogP contribution in [0.25, 0.3) is 15.9 Å². The number of aromatic nitrogens is 2. The van der Waals surface area contributed by atoms with E-state index in [1.807, 2.05) is 60.8 Å². The van der Waals surface area contributed by atoms with Gasteiger partial charge in [-0.05, 0) is 41.6 Å². The van der Waals surface area contributed by atoms with E-state index in [1.54, 1.807) is 16.7 Å². The van der Waals surface area contributed by atoms with Gasteiger partial charge in [-0.25, -0.2) is 9.36 Å². The van der Waals surface area contributed by atoms with Crippen molar-refractivity contribution in [1.29, 1.82) is 0 Å². The molecule has 0 aliphatic heterocycles. The van der Waals surface area contributed by atoms with Crippen LogP contribution in [0, 0.1) is 6.92 Å². The van der Waals surface area contributed by atoms with Gasteiger partial charge in [0.25, 0.3) is 5.56 Å². The Balaban J connectivity index is 2.02. The molecule has 2 aromatic heterocycles. The van der Waals surface area contributed by atoms with Crippen molar-refractivity contribution >= 4 is 21.6 Å². The molecule has 4 aromatic rings. The predicted octanol–water partition coefficient (Wildman–Crippen LogP) is 3.57. The minimum absolute atomic E-state index is 0.262. The lowest BCUT2D eigenvalue weighted by Gasteiger charge is -2.13. The van der Waals surface area contributed by atoms with Crippen LogP contribution in [0.4, 0.5) is 0 Å². The standard InChI is InChI=1S/C20H16N2O2S/c1-14-7-5-6-8-15(14)13-21-17-11-12-25-18(17)19(23)22(20(21)24)16-9-3-2-4-10-16/h2-12H,13H2,1H3. The molecule has 124 valence electrons. The number of para-hydroxylation sites is 1. The van der Waals surface area contributed by atoms with Gasteiger partial charge in [-0.1, -0.05) is 42.5 Å². The van der Waals surface area contributed by atoms with Crippen LogP contribution >= 0.6 is 11.3 Å². The summed E-state index contributed by atoms with van der Waals surface area (Å²) >= 11 is 1.37. The number of rotatable bonds is 3. The SMILES string of the molecule is Cc1ccccc1Cn1c(=O)n(-c2ccccc2)c(=O)c2sccc21. The van der Waals surface area contributed by atoms with Crippen molar-refractivity contribution in [2.75, 3.05) is 0 Å². The van der Waals surface area contributed by atoms with E-state index in [9.17, 15) is 9.59 Å². The van der Waals surface area contributed by atoms with Crippen molar-refractivity contribution in [2.24, 2.45) is 0 Å². The van der Waals surface area contributed by atoms with Crippen LogP contribution in [-0.2, 0) is 6.54 Å². The van der Waals surface area contributed by atoms with Gasteiger partial charge >= 0.3 is 5.69 Å². The minimum Gasteiger partial charge on any atom is -0.288 e. The van der Waals surface area contributed by atoms with E-state index in [1.165, 1.54) is 15.9 Å². The molecular weight excluding hydrogens is 332 g/mol. The lowest BCUT2D eigenvalue weighted by molar-refractivity contribution is 0.714. The van der Waals surface area contributed by atoms with Gasteiger partial charge in [-0.3, -0.25) is 9.36 Å². The van der Waals surface area contributed by atoms with Crippen LogP contribution in [0.2, 0.25) is 0 Å². The Morgan fingerprint density at radius 3 is 2.40 bits per heavy atom. The van der Waals surface area contributed by atoms with Gasteiger partial charge in [-0.2, -0.15) is 0 Å². The quantitative estimate of drug-likeness (QED) is 0.568. The fourth-order valence-electron chi connectivity index (χ4n) is 3.00. The van der Waals surface area contributed by atoms with Crippen LogP contribution in [-0.4, -0.2) is 9.13 Å². The van der Waals surface area contributed by atoms with E-state index in [-0.39, 0.29) is 11.2 Å². The van der Waals surface area contributed by atoms with E-state index >= 15 is 0 Å². The average molecular weight is 348 g/mol. The van der Waals surface area contributed by atoms with E-state index in [0.717, 1.165) is 11.1 Å². The van der Waals surface area contributed by atoms with Gasteiger partial charge in [0.1, 0.15) is 4.70 Å². The largest absolute Gasteiger partial charge is 0.336 e. The summed E-state index contributed by atoms with van der Waals surface area (Å²) in [7, 11) is 0. The Hall–Kier alpha value is -2.92. The van der Waals surface area contributed by atoms with Crippen LogP contribution in [0.1, 0.15) is 11.1 Å². The third-order valence-electron chi connectivity index (χ3n) is 4.36. The summed E-state index contributed by atoms with van der Waals surface area (Å²) in [5.74, 6) is 0. The molecule has 2 heterocycles. The highest BCUT2D eigenvalue weighted by Gasteiger charge is 2.16. The molecule has 0 unspecified atom stereocenters. The lowest BCUT2D eigenvalue weighted by atomic mass is 10.1. The van der Waals surface area contributed by atoms with E-state index in [2.05, 4.69) is 0 Å². The van der Waals surface area contributed by atoms with Gasteiger partial charge < -0.3 is 0 Å². The first kappa shape index (κ1) is 15.6. The van der Waals surface area contributed by atoms with Crippen molar-refractivity contribution in [1.82, 2.24) is 9.13 Å². The first-order valence-corrected chi connectivity index (χ1v) is 8.88. The fraction of sp³-hybridized carbons (Fsp3) is 0.100. The van der Waals surface area contributed by atoms with E-state index < -0.39 is 0 Å². The normalized spacial score (nSPS) is 11.1. The lowest BCUT2D eigenvalue weighted by Crippen LogP contribution is -2.38. The summed E-state index contributed by atoms with van der Waals surface area (Å²) in [6.07, 6.45) is 0. The van der Waals surface area contributed by atoms with Crippen LogP contribution < -0.4 is 11.2 Å². The number of thiophene rings is 1. The third-order valence-corrected chi connectivity index (χ3v) is 5.25. The second-order valence-corrected chi connectivity index (χ2v) is 6.82. The molecule has 0 saturated carbocycles. The monoisotopic (exact) mass is 348 g/mol. The summed E-state index contributed by atoms with van der Waals surface area (Å²) in [6.45, 7) is 2.46. The second kappa shape index (κ2) is 6.18. The molecule has 0 radical (unpaired) electrons. The maximum atomic E-state index is 13.1. The molecular formula is C20H16N2O2S. The molecule has 0 aliphatic rings. The zero-order valence-corrected chi connectivity index (χ0v) is 14.5. The minimum atomic E-state index is -0.314. The van der Waals surface area contributed by atoms with Crippen LogP contribution in [0.3, 0.4) is 0 Å². The van der Waals surface area contributed by atoms with Gasteiger partial charge in [0.15, 0.2) is 0 Å². The fourth-order valence-corrected chi connectivity index (χ4v) is 3.83. The predicted molar refractivity (Wildman–Crippen MR) is 102 cm³/mol. The Bertz CT molecular complexity index is 1170. The van der Waals surface area contributed by atoms with Crippen LogP contribution in [0.5, 0.6) is 0 Å². The highest BCUT2D eigenvalue weighted by Crippen LogP contribution is 2.18. The molecule has 0 amide bonds. The molecule has 25 heavy (non-hydrogen) atoms. The molecule has 0 atom stereocenters. The van der Waals surface area contributed by atoms with Crippen LogP contribution in [0.15, 0.2) is 75.6 Å². The summed E-state index contributed by atoms with van der Waals surface area (Å²) in [5, 5.41) is 1.86. The van der Waals surface area contributed by atoms with Gasteiger partial charge in [-0.15, -0.1) is 11.3 Å². The summed E-state index contributed by atoms with van der Waals surface area (Å²) in [5.41, 5.74) is 2.89. The Labute approximate surface area is 148 Å².